The SMILES string of the molecule is CC(O)C(Cl)Cl.O=P(O)(O)O. The molecule has 0 aliphatic heterocycles. The number of phosphoric acid groups is 1. The highest BCUT2D eigenvalue weighted by Gasteiger charge is 2.03. The molecular formula is C3H9Cl2O5P. The summed E-state index contributed by atoms with van der Waals surface area (Å²) in [4.78, 5) is 20.9. The molecule has 0 saturated carbocycles. The molecule has 11 heavy (non-hydrogen) atoms. The third-order valence-electron chi connectivity index (χ3n) is 0.365. The van der Waals surface area contributed by atoms with Crippen molar-refractivity contribution in [2.75, 3.05) is 0 Å². The van der Waals surface area contributed by atoms with Gasteiger partial charge in [0.15, 0.2) is 0 Å². The van der Waals surface area contributed by atoms with Crippen LogP contribution in [-0.4, -0.2) is 30.7 Å². The summed E-state index contributed by atoms with van der Waals surface area (Å²) in [5.74, 6) is 0. The monoisotopic (exact) mass is 226 g/mol. The van der Waals surface area contributed by atoms with Gasteiger partial charge < -0.3 is 19.8 Å². The molecule has 5 nitrogen and oxygen atoms in total. The van der Waals surface area contributed by atoms with Gasteiger partial charge in [-0.05, 0) is 6.92 Å². The molecule has 0 aliphatic carbocycles. The average Bonchev–Trinajstić information content (AvgIpc) is 1.59. The van der Waals surface area contributed by atoms with E-state index in [4.69, 9.17) is 47.6 Å². The van der Waals surface area contributed by atoms with Gasteiger partial charge in [0.1, 0.15) is 4.84 Å². The zero-order chi connectivity index (χ0) is 9.65. The van der Waals surface area contributed by atoms with E-state index in [1.807, 2.05) is 0 Å². The van der Waals surface area contributed by atoms with Crippen molar-refractivity contribution >= 4 is 31.0 Å². The van der Waals surface area contributed by atoms with Gasteiger partial charge in [-0.1, -0.05) is 0 Å². The van der Waals surface area contributed by atoms with Crippen LogP contribution in [0.15, 0.2) is 0 Å². The van der Waals surface area contributed by atoms with Crippen molar-refractivity contribution in [2.24, 2.45) is 0 Å². The number of alkyl halides is 2. The number of halogens is 2. The molecule has 0 amide bonds. The van der Waals surface area contributed by atoms with Crippen molar-refractivity contribution in [3.05, 3.63) is 0 Å². The largest absolute Gasteiger partial charge is 0.466 e. The topological polar surface area (TPSA) is 98.0 Å². The van der Waals surface area contributed by atoms with Crippen molar-refractivity contribution < 1.29 is 24.4 Å². The summed E-state index contributed by atoms with van der Waals surface area (Å²) in [6, 6.07) is 0. The first-order chi connectivity index (χ1) is 4.64. The van der Waals surface area contributed by atoms with Crippen LogP contribution in [0.25, 0.3) is 0 Å². The van der Waals surface area contributed by atoms with Crippen molar-refractivity contribution in [1.29, 1.82) is 0 Å². The van der Waals surface area contributed by atoms with Gasteiger partial charge in [-0.2, -0.15) is 0 Å². The predicted molar refractivity (Wildman–Crippen MR) is 41.4 cm³/mol. The van der Waals surface area contributed by atoms with E-state index in [9.17, 15) is 0 Å². The van der Waals surface area contributed by atoms with Gasteiger partial charge in [0, 0.05) is 0 Å². The second-order valence-electron chi connectivity index (χ2n) is 1.59. The van der Waals surface area contributed by atoms with Crippen LogP contribution in [0.1, 0.15) is 6.92 Å². The molecule has 8 heteroatoms. The van der Waals surface area contributed by atoms with E-state index >= 15 is 0 Å². The fourth-order valence-electron chi connectivity index (χ4n) is 0. The van der Waals surface area contributed by atoms with Crippen LogP contribution in [0.2, 0.25) is 0 Å². The summed E-state index contributed by atoms with van der Waals surface area (Å²) in [7, 11) is -4.64. The van der Waals surface area contributed by atoms with Crippen molar-refractivity contribution in [1.82, 2.24) is 0 Å². The number of rotatable bonds is 1. The van der Waals surface area contributed by atoms with Gasteiger partial charge in [0.05, 0.1) is 6.10 Å². The Morgan fingerprint density at radius 2 is 1.36 bits per heavy atom. The van der Waals surface area contributed by atoms with Crippen LogP contribution in [0.5, 0.6) is 0 Å². The normalized spacial score (nSPS) is 13.8. The maximum atomic E-state index is 8.88. The van der Waals surface area contributed by atoms with Gasteiger partial charge in [0.25, 0.3) is 0 Å². The third kappa shape index (κ3) is 36.9. The molecule has 0 fully saturated rings. The molecule has 1 unspecified atom stereocenters. The fraction of sp³-hybridized carbons (Fsp3) is 1.00. The van der Waals surface area contributed by atoms with Crippen molar-refractivity contribution in [3.63, 3.8) is 0 Å². The Morgan fingerprint density at radius 1 is 1.27 bits per heavy atom. The number of aliphatic hydroxyl groups excluding tert-OH is 1. The molecule has 0 heterocycles. The smallest absolute Gasteiger partial charge is 0.391 e. The van der Waals surface area contributed by atoms with E-state index in [1.165, 1.54) is 6.92 Å². The Kier molecular flexibility index (Phi) is 7.99. The Labute approximate surface area is 73.8 Å². The lowest BCUT2D eigenvalue weighted by atomic mass is 10.5. The molecule has 0 aromatic carbocycles. The van der Waals surface area contributed by atoms with Crippen molar-refractivity contribution in [3.8, 4) is 0 Å². The minimum absolute atomic E-state index is 0.617. The first-order valence-electron chi connectivity index (χ1n) is 2.39. The Balaban J connectivity index is 0. The van der Waals surface area contributed by atoms with E-state index in [-0.39, 0.29) is 0 Å². The molecule has 0 aromatic rings. The van der Waals surface area contributed by atoms with Gasteiger partial charge >= 0.3 is 7.82 Å². The zero-order valence-corrected chi connectivity index (χ0v) is 7.96. The molecule has 0 bridgehead atoms. The zero-order valence-electron chi connectivity index (χ0n) is 5.55. The Bertz CT molecular complexity index is 117. The third-order valence-corrected chi connectivity index (χ3v) is 1.09. The van der Waals surface area contributed by atoms with Gasteiger partial charge in [-0.25, -0.2) is 4.57 Å². The minimum Gasteiger partial charge on any atom is -0.391 e. The Hall–Kier alpha value is 0.650. The van der Waals surface area contributed by atoms with Crippen molar-refractivity contribution in [2.45, 2.75) is 17.9 Å². The maximum absolute atomic E-state index is 8.88. The molecule has 4 N–H and O–H groups in total. The van der Waals surface area contributed by atoms with E-state index < -0.39 is 18.8 Å². The van der Waals surface area contributed by atoms with Crippen LogP contribution < -0.4 is 0 Å². The number of hydrogen-bond donors (Lipinski definition) is 4. The summed E-state index contributed by atoms with van der Waals surface area (Å²) < 4.78 is 8.88. The van der Waals surface area contributed by atoms with E-state index in [0.717, 1.165) is 0 Å². The summed E-state index contributed by atoms with van der Waals surface area (Å²) >= 11 is 10.3. The lowest BCUT2D eigenvalue weighted by Crippen LogP contribution is -2.08. The van der Waals surface area contributed by atoms with Gasteiger partial charge in [-0.3, -0.25) is 0 Å². The van der Waals surface area contributed by atoms with Gasteiger partial charge in [0.2, 0.25) is 0 Å². The molecule has 0 aromatic heterocycles. The molecule has 0 radical (unpaired) electrons. The molecule has 0 rings (SSSR count). The number of aliphatic hydroxyl groups is 1. The summed E-state index contributed by atoms with van der Waals surface area (Å²) in [6.07, 6.45) is -0.617. The summed E-state index contributed by atoms with van der Waals surface area (Å²) in [6.45, 7) is 1.53. The first-order valence-corrected chi connectivity index (χ1v) is 4.83. The molecule has 70 valence electrons. The van der Waals surface area contributed by atoms with Crippen LogP contribution in [0.4, 0.5) is 0 Å². The van der Waals surface area contributed by atoms with E-state index in [2.05, 4.69) is 0 Å². The van der Waals surface area contributed by atoms with Crippen LogP contribution >= 0.6 is 31.0 Å². The summed E-state index contributed by atoms with van der Waals surface area (Å²) in [5.41, 5.74) is 0. The highest BCUT2D eigenvalue weighted by atomic mass is 35.5. The van der Waals surface area contributed by atoms with Crippen LogP contribution in [-0.2, 0) is 4.57 Å². The lowest BCUT2D eigenvalue weighted by Gasteiger charge is -1.99. The van der Waals surface area contributed by atoms with E-state index in [1.54, 1.807) is 0 Å². The lowest BCUT2D eigenvalue weighted by molar-refractivity contribution is 0.209. The van der Waals surface area contributed by atoms with Crippen LogP contribution in [0.3, 0.4) is 0 Å². The quantitative estimate of drug-likeness (QED) is 0.380. The van der Waals surface area contributed by atoms with E-state index in [0.29, 0.717) is 0 Å². The number of hydrogen-bond acceptors (Lipinski definition) is 2. The molecule has 1 atom stereocenters. The second-order valence-corrected chi connectivity index (χ2v) is 3.78. The highest BCUT2D eigenvalue weighted by Crippen LogP contribution is 2.25. The molecule has 0 aliphatic rings. The minimum atomic E-state index is -4.64. The standard InChI is InChI=1S/C3H6Cl2O.H3O4P/c1-2(6)3(4)5;1-5(2,3)4/h2-3,6H,1H3;(H3,1,2,3,4). The van der Waals surface area contributed by atoms with Crippen LogP contribution in [0, 0.1) is 0 Å². The summed E-state index contributed by atoms with van der Waals surface area (Å²) in [5, 5.41) is 8.37. The Morgan fingerprint density at radius 3 is 1.36 bits per heavy atom. The second kappa shape index (κ2) is 6.20. The fourth-order valence-corrected chi connectivity index (χ4v) is 0. The molecular weight excluding hydrogens is 218 g/mol. The maximum Gasteiger partial charge on any atom is 0.466 e. The van der Waals surface area contributed by atoms with Gasteiger partial charge in [-0.15, -0.1) is 23.2 Å². The molecule has 0 spiro atoms. The molecule has 0 saturated heterocycles. The predicted octanol–water partition coefficient (Wildman–Crippen LogP) is 0.242. The average molecular weight is 227 g/mol. The highest BCUT2D eigenvalue weighted by molar-refractivity contribution is 7.45. The first kappa shape index (κ1) is 14.2.